The van der Waals surface area contributed by atoms with Gasteiger partial charge in [-0.05, 0) is 36.8 Å². The van der Waals surface area contributed by atoms with Crippen molar-refractivity contribution >= 4 is 45.9 Å². The van der Waals surface area contributed by atoms with Gasteiger partial charge in [0.15, 0.2) is 0 Å². The van der Waals surface area contributed by atoms with Crippen LogP contribution in [-0.2, 0) is 9.59 Å². The van der Waals surface area contributed by atoms with Gasteiger partial charge < -0.3 is 10.2 Å². The molecule has 0 bridgehead atoms. The second-order valence-electron chi connectivity index (χ2n) is 6.13. The number of nitrogens with zero attached hydrogens (tertiary/aromatic N) is 2. The van der Waals surface area contributed by atoms with Crippen LogP contribution < -0.4 is 10.2 Å². The monoisotopic (exact) mass is 363 g/mol. The zero-order valence-electron chi connectivity index (χ0n) is 14.2. The smallest absolute Gasteiger partial charge is 0.244 e. The van der Waals surface area contributed by atoms with E-state index in [1.807, 2.05) is 55.5 Å². The van der Waals surface area contributed by atoms with Crippen LogP contribution in [0.3, 0.4) is 0 Å². The lowest BCUT2D eigenvalue weighted by atomic mass is 10.1. The van der Waals surface area contributed by atoms with Crippen LogP contribution in [0, 0.1) is 6.92 Å². The highest BCUT2D eigenvalue weighted by Gasteiger charge is 2.26. The summed E-state index contributed by atoms with van der Waals surface area (Å²) in [5, 5.41) is 4.72. The molecule has 4 rings (SSSR count). The van der Waals surface area contributed by atoms with Gasteiger partial charge >= 0.3 is 0 Å². The van der Waals surface area contributed by atoms with E-state index in [-0.39, 0.29) is 24.1 Å². The van der Waals surface area contributed by atoms with Gasteiger partial charge in [0.05, 0.1) is 27.7 Å². The molecule has 1 aliphatic heterocycles. The number of nitrogens with one attached hydrogen (secondary N) is 1. The second-order valence-corrected chi connectivity index (χ2v) is 7.12. The van der Waals surface area contributed by atoms with Crippen molar-refractivity contribution < 1.29 is 9.59 Å². The van der Waals surface area contributed by atoms with E-state index in [4.69, 9.17) is 0 Å². The number of aromatic nitrogens is 1. The van der Waals surface area contributed by atoms with Gasteiger partial charge in [-0.25, -0.2) is 4.98 Å². The van der Waals surface area contributed by atoms with Crippen LogP contribution >= 0.6 is 11.8 Å². The molecule has 1 aromatic heterocycles. The van der Waals surface area contributed by atoms with E-state index in [9.17, 15) is 9.59 Å². The number of rotatable bonds is 3. The van der Waals surface area contributed by atoms with Gasteiger partial charge in [0.25, 0.3) is 0 Å². The summed E-state index contributed by atoms with van der Waals surface area (Å²) in [5.41, 5.74) is 3.46. The molecular formula is C20H17N3O2S. The molecule has 5 nitrogen and oxygen atoms in total. The number of anilines is 2. The summed E-state index contributed by atoms with van der Waals surface area (Å²) in [6.07, 6.45) is 0. The Balaban J connectivity index is 1.54. The number of pyridine rings is 1. The van der Waals surface area contributed by atoms with Gasteiger partial charge in [0.2, 0.25) is 11.8 Å². The van der Waals surface area contributed by atoms with Gasteiger partial charge in [0.1, 0.15) is 6.54 Å². The van der Waals surface area contributed by atoms with Crippen molar-refractivity contribution in [2.24, 2.45) is 0 Å². The Kier molecular flexibility index (Phi) is 4.34. The molecule has 26 heavy (non-hydrogen) atoms. The number of hydrogen-bond donors (Lipinski definition) is 1. The molecule has 0 radical (unpaired) electrons. The third-order valence-electron chi connectivity index (χ3n) is 4.31. The maximum atomic E-state index is 12.7. The number of hydrogen-bond acceptors (Lipinski definition) is 4. The van der Waals surface area contributed by atoms with Crippen molar-refractivity contribution in [1.82, 2.24) is 4.98 Å². The minimum absolute atomic E-state index is 0.0422. The van der Waals surface area contributed by atoms with Crippen LogP contribution in [0.25, 0.3) is 10.9 Å². The quantitative estimate of drug-likeness (QED) is 0.722. The molecular weight excluding hydrogens is 346 g/mol. The van der Waals surface area contributed by atoms with Crippen LogP contribution in [0.4, 0.5) is 11.4 Å². The minimum Gasteiger partial charge on any atom is -0.323 e. The van der Waals surface area contributed by atoms with Crippen LogP contribution in [0.1, 0.15) is 5.56 Å². The predicted molar refractivity (Wildman–Crippen MR) is 105 cm³/mol. The molecule has 0 saturated carbocycles. The van der Waals surface area contributed by atoms with Crippen LogP contribution in [0.5, 0.6) is 0 Å². The van der Waals surface area contributed by atoms with Crippen LogP contribution in [0.2, 0.25) is 0 Å². The molecule has 2 aromatic carbocycles. The van der Waals surface area contributed by atoms with E-state index in [0.717, 1.165) is 27.2 Å². The average Bonchev–Trinajstić information content (AvgIpc) is 2.65. The Morgan fingerprint density at radius 1 is 1.19 bits per heavy atom. The molecule has 2 amide bonds. The lowest BCUT2D eigenvalue weighted by molar-refractivity contribution is -0.120. The van der Waals surface area contributed by atoms with Crippen molar-refractivity contribution in [2.45, 2.75) is 11.9 Å². The Morgan fingerprint density at radius 3 is 2.85 bits per heavy atom. The number of para-hydroxylation sites is 3. The summed E-state index contributed by atoms with van der Waals surface area (Å²) in [6.45, 7) is 2.09. The Hall–Kier alpha value is -2.86. The summed E-state index contributed by atoms with van der Waals surface area (Å²) < 4.78 is 0. The Morgan fingerprint density at radius 2 is 1.96 bits per heavy atom. The third-order valence-corrected chi connectivity index (χ3v) is 5.21. The maximum absolute atomic E-state index is 12.7. The first kappa shape index (κ1) is 16.6. The van der Waals surface area contributed by atoms with Crippen molar-refractivity contribution in [3.63, 3.8) is 0 Å². The Labute approximate surface area is 155 Å². The molecule has 3 aromatic rings. The molecule has 0 aliphatic carbocycles. The SMILES string of the molecule is Cc1cc(SCC(=O)N2CC(=O)Nc3ccccc32)nc2ccccc12. The number of aryl methyl sites for hydroxylation is 1. The summed E-state index contributed by atoms with van der Waals surface area (Å²) in [7, 11) is 0. The Bertz CT molecular complexity index is 1020. The summed E-state index contributed by atoms with van der Waals surface area (Å²) >= 11 is 1.39. The van der Waals surface area contributed by atoms with E-state index in [0.29, 0.717) is 5.69 Å². The molecule has 0 saturated heterocycles. The number of carbonyl (C=O) groups excluding carboxylic acids is 2. The van der Waals surface area contributed by atoms with E-state index in [1.54, 1.807) is 6.07 Å². The molecule has 130 valence electrons. The fraction of sp³-hybridized carbons (Fsp3) is 0.150. The molecule has 2 heterocycles. The molecule has 6 heteroatoms. The topological polar surface area (TPSA) is 62.3 Å². The van der Waals surface area contributed by atoms with Gasteiger partial charge in [0, 0.05) is 5.39 Å². The first-order valence-electron chi connectivity index (χ1n) is 8.30. The van der Waals surface area contributed by atoms with Crippen molar-refractivity contribution in [3.05, 3.63) is 60.2 Å². The van der Waals surface area contributed by atoms with Crippen molar-refractivity contribution in [3.8, 4) is 0 Å². The molecule has 1 aliphatic rings. The van der Waals surface area contributed by atoms with E-state index < -0.39 is 0 Å². The number of carbonyl (C=O) groups is 2. The van der Waals surface area contributed by atoms with Gasteiger partial charge in [-0.1, -0.05) is 42.1 Å². The number of benzene rings is 2. The maximum Gasteiger partial charge on any atom is 0.244 e. The molecule has 1 N–H and O–H groups in total. The highest BCUT2D eigenvalue weighted by atomic mass is 32.2. The highest BCUT2D eigenvalue weighted by molar-refractivity contribution is 7.99. The standard InChI is InChI=1S/C20H17N3O2S/c1-13-10-19(22-15-7-3-2-6-14(13)15)26-12-20(25)23-11-18(24)21-16-8-4-5-9-17(16)23/h2-10H,11-12H2,1H3,(H,21,24). The minimum atomic E-state index is -0.179. The van der Waals surface area contributed by atoms with E-state index >= 15 is 0 Å². The van der Waals surface area contributed by atoms with E-state index in [2.05, 4.69) is 10.3 Å². The molecule has 0 fully saturated rings. The lowest BCUT2D eigenvalue weighted by Crippen LogP contribution is -2.43. The largest absolute Gasteiger partial charge is 0.323 e. The van der Waals surface area contributed by atoms with Gasteiger partial charge in [-0.3, -0.25) is 9.59 Å². The summed E-state index contributed by atoms with van der Waals surface area (Å²) in [5.74, 6) is -0.0570. The second kappa shape index (κ2) is 6.80. The number of thioether (sulfide) groups is 1. The number of amides is 2. The first-order chi connectivity index (χ1) is 12.6. The average molecular weight is 363 g/mol. The normalized spacial score (nSPS) is 13.4. The fourth-order valence-corrected chi connectivity index (χ4v) is 3.91. The first-order valence-corrected chi connectivity index (χ1v) is 9.29. The van der Waals surface area contributed by atoms with Crippen LogP contribution in [0.15, 0.2) is 59.6 Å². The highest BCUT2D eigenvalue weighted by Crippen LogP contribution is 2.30. The van der Waals surface area contributed by atoms with Gasteiger partial charge in [-0.2, -0.15) is 0 Å². The van der Waals surface area contributed by atoms with Gasteiger partial charge in [-0.15, -0.1) is 0 Å². The predicted octanol–water partition coefficient (Wildman–Crippen LogP) is 3.62. The zero-order chi connectivity index (χ0) is 18.1. The molecule has 0 unspecified atom stereocenters. The lowest BCUT2D eigenvalue weighted by Gasteiger charge is -2.29. The van der Waals surface area contributed by atoms with Crippen molar-refractivity contribution in [1.29, 1.82) is 0 Å². The molecule has 0 atom stereocenters. The van der Waals surface area contributed by atoms with Crippen LogP contribution in [-0.4, -0.2) is 29.1 Å². The zero-order valence-corrected chi connectivity index (χ0v) is 15.0. The third kappa shape index (κ3) is 3.15. The summed E-state index contributed by atoms with van der Waals surface area (Å²) in [4.78, 5) is 30.8. The molecule has 0 spiro atoms. The summed E-state index contributed by atoms with van der Waals surface area (Å²) in [6, 6.07) is 17.3. The van der Waals surface area contributed by atoms with Crippen molar-refractivity contribution in [2.75, 3.05) is 22.5 Å². The fourth-order valence-electron chi connectivity index (χ4n) is 3.06. The van der Waals surface area contributed by atoms with E-state index in [1.165, 1.54) is 16.7 Å². The number of fused-ring (bicyclic) bond motifs is 2.